The molecule has 0 spiro atoms. The van der Waals surface area contributed by atoms with Crippen LogP contribution in [0.5, 0.6) is 0 Å². The number of anilines is 1. The highest BCUT2D eigenvalue weighted by molar-refractivity contribution is 7.20. The van der Waals surface area contributed by atoms with Crippen LogP contribution in [0.25, 0.3) is 21.5 Å². The Bertz CT molecular complexity index is 1180. The van der Waals surface area contributed by atoms with Crippen LogP contribution in [0.3, 0.4) is 0 Å². The third-order valence-corrected chi connectivity index (χ3v) is 6.06. The van der Waals surface area contributed by atoms with E-state index in [0.29, 0.717) is 15.7 Å². The largest absolute Gasteiger partial charge is 0.451 e. The minimum atomic E-state index is -0.563. The van der Waals surface area contributed by atoms with Gasteiger partial charge in [-0.3, -0.25) is 14.8 Å². The van der Waals surface area contributed by atoms with Crippen LogP contribution in [0.1, 0.15) is 15.4 Å². The van der Waals surface area contributed by atoms with Gasteiger partial charge in [0.15, 0.2) is 11.7 Å². The lowest BCUT2D eigenvalue weighted by atomic mass is 10.2. The second-order valence-electron chi connectivity index (χ2n) is 6.21. The lowest BCUT2D eigenvalue weighted by Gasteiger charge is -2.03. The van der Waals surface area contributed by atoms with Crippen LogP contribution in [-0.2, 0) is 16.6 Å². The number of amides is 1. The van der Waals surface area contributed by atoms with Crippen LogP contribution >= 0.6 is 22.7 Å². The standard InChI is InChI=1S/C19H15FN4O3S2/c1-10-13-7-15(29-17(13)24(2)23-10)18(26)27-8-16(25)22-19-21-14(9-28-19)11-3-5-12(20)6-4-11/h3-7,9H,8H2,1-2H3,(H,21,22,25). The Kier molecular flexibility index (Phi) is 5.12. The average molecular weight is 430 g/mol. The number of esters is 1. The molecule has 0 bridgehead atoms. The summed E-state index contributed by atoms with van der Waals surface area (Å²) in [6.07, 6.45) is 0. The molecule has 148 valence electrons. The molecule has 0 aliphatic rings. The molecular weight excluding hydrogens is 415 g/mol. The molecule has 0 fully saturated rings. The lowest BCUT2D eigenvalue weighted by molar-refractivity contribution is -0.119. The van der Waals surface area contributed by atoms with Crippen molar-refractivity contribution in [2.75, 3.05) is 11.9 Å². The van der Waals surface area contributed by atoms with Gasteiger partial charge in [0.1, 0.15) is 15.5 Å². The minimum absolute atomic E-state index is 0.329. The molecule has 3 heterocycles. The van der Waals surface area contributed by atoms with Gasteiger partial charge in [-0.2, -0.15) is 5.10 Å². The van der Waals surface area contributed by atoms with Gasteiger partial charge in [-0.1, -0.05) is 0 Å². The number of hydrogen-bond donors (Lipinski definition) is 1. The number of nitrogens with one attached hydrogen (secondary N) is 1. The first-order chi connectivity index (χ1) is 13.9. The Morgan fingerprint density at radius 1 is 1.28 bits per heavy atom. The maximum atomic E-state index is 13.0. The van der Waals surface area contributed by atoms with E-state index in [2.05, 4.69) is 15.4 Å². The van der Waals surface area contributed by atoms with Crippen LogP contribution in [0.15, 0.2) is 35.7 Å². The summed E-state index contributed by atoms with van der Waals surface area (Å²) in [6, 6.07) is 7.63. The number of nitrogens with zero attached hydrogens (tertiary/aromatic N) is 3. The molecule has 0 aliphatic carbocycles. The predicted molar refractivity (Wildman–Crippen MR) is 110 cm³/mol. The van der Waals surface area contributed by atoms with Gasteiger partial charge >= 0.3 is 5.97 Å². The Morgan fingerprint density at radius 3 is 2.76 bits per heavy atom. The Balaban J connectivity index is 1.35. The number of hydrogen-bond acceptors (Lipinski definition) is 7. The van der Waals surface area contributed by atoms with Crippen molar-refractivity contribution in [1.29, 1.82) is 0 Å². The first-order valence-corrected chi connectivity index (χ1v) is 10.2. The maximum absolute atomic E-state index is 13.0. The molecule has 3 aromatic heterocycles. The van der Waals surface area contributed by atoms with Gasteiger partial charge in [0, 0.05) is 23.4 Å². The molecule has 4 rings (SSSR count). The average Bonchev–Trinajstić information content (AvgIpc) is 3.39. The Morgan fingerprint density at radius 2 is 2.03 bits per heavy atom. The minimum Gasteiger partial charge on any atom is -0.451 e. The third-order valence-electron chi connectivity index (χ3n) is 4.12. The maximum Gasteiger partial charge on any atom is 0.348 e. The zero-order valence-corrected chi connectivity index (χ0v) is 17.1. The number of thiazole rings is 1. The van der Waals surface area contributed by atoms with Gasteiger partial charge in [-0.25, -0.2) is 14.2 Å². The van der Waals surface area contributed by atoms with E-state index >= 15 is 0 Å². The van der Waals surface area contributed by atoms with Gasteiger partial charge < -0.3 is 4.74 Å². The number of aryl methyl sites for hydroxylation is 2. The smallest absolute Gasteiger partial charge is 0.348 e. The van der Waals surface area contributed by atoms with Gasteiger partial charge in [-0.05, 0) is 37.3 Å². The number of aromatic nitrogens is 3. The van der Waals surface area contributed by atoms with E-state index in [-0.39, 0.29) is 5.82 Å². The topological polar surface area (TPSA) is 86.1 Å². The monoisotopic (exact) mass is 430 g/mol. The quantitative estimate of drug-likeness (QED) is 0.484. The number of carbonyl (C=O) groups is 2. The van der Waals surface area contributed by atoms with Crippen molar-refractivity contribution in [3.05, 3.63) is 52.1 Å². The first kappa shape index (κ1) is 19.2. The molecule has 0 saturated heterocycles. The van der Waals surface area contributed by atoms with Crippen molar-refractivity contribution < 1.29 is 18.7 Å². The number of thiophene rings is 1. The van der Waals surface area contributed by atoms with Crippen LogP contribution in [-0.4, -0.2) is 33.2 Å². The van der Waals surface area contributed by atoms with E-state index in [1.165, 1.54) is 34.8 Å². The molecule has 1 aromatic carbocycles. The van der Waals surface area contributed by atoms with Gasteiger partial charge in [0.25, 0.3) is 5.91 Å². The fraction of sp³-hybridized carbons (Fsp3) is 0.158. The molecule has 0 atom stereocenters. The van der Waals surface area contributed by atoms with E-state index in [0.717, 1.165) is 21.5 Å². The zero-order valence-electron chi connectivity index (χ0n) is 15.4. The van der Waals surface area contributed by atoms with Crippen LogP contribution < -0.4 is 5.32 Å². The molecule has 0 aliphatic heterocycles. The third kappa shape index (κ3) is 4.03. The highest BCUT2D eigenvalue weighted by Gasteiger charge is 2.17. The fourth-order valence-corrected chi connectivity index (χ4v) is 4.50. The van der Waals surface area contributed by atoms with E-state index in [4.69, 9.17) is 4.74 Å². The van der Waals surface area contributed by atoms with Crippen molar-refractivity contribution in [2.24, 2.45) is 7.05 Å². The number of rotatable bonds is 5. The molecule has 1 N–H and O–H groups in total. The van der Waals surface area contributed by atoms with E-state index in [9.17, 15) is 14.0 Å². The van der Waals surface area contributed by atoms with Crippen molar-refractivity contribution in [3.8, 4) is 11.3 Å². The highest BCUT2D eigenvalue weighted by atomic mass is 32.1. The van der Waals surface area contributed by atoms with E-state index in [1.807, 2.05) is 14.0 Å². The van der Waals surface area contributed by atoms with Crippen LogP contribution in [0.4, 0.5) is 9.52 Å². The molecule has 29 heavy (non-hydrogen) atoms. The van der Waals surface area contributed by atoms with Crippen molar-refractivity contribution >= 4 is 49.9 Å². The number of ether oxygens (including phenoxy) is 1. The second-order valence-corrected chi connectivity index (χ2v) is 8.10. The van der Waals surface area contributed by atoms with E-state index in [1.54, 1.807) is 28.3 Å². The normalized spacial score (nSPS) is 11.0. The van der Waals surface area contributed by atoms with Crippen molar-refractivity contribution in [2.45, 2.75) is 6.92 Å². The number of carbonyl (C=O) groups excluding carboxylic acids is 2. The first-order valence-electron chi connectivity index (χ1n) is 8.52. The number of benzene rings is 1. The molecule has 0 unspecified atom stereocenters. The summed E-state index contributed by atoms with van der Waals surface area (Å²) in [4.78, 5) is 29.9. The zero-order chi connectivity index (χ0) is 20.5. The molecule has 4 aromatic rings. The van der Waals surface area contributed by atoms with Gasteiger partial charge in [0.05, 0.1) is 11.4 Å². The highest BCUT2D eigenvalue weighted by Crippen LogP contribution is 2.28. The lowest BCUT2D eigenvalue weighted by Crippen LogP contribution is -2.20. The number of halogens is 1. The molecule has 1 amide bonds. The van der Waals surface area contributed by atoms with Gasteiger partial charge in [0.2, 0.25) is 0 Å². The molecule has 10 heteroatoms. The Hall–Kier alpha value is -3.11. The SMILES string of the molecule is Cc1nn(C)c2sc(C(=O)OCC(=O)Nc3nc(-c4ccc(F)cc4)cs3)cc12. The van der Waals surface area contributed by atoms with Crippen LogP contribution in [0, 0.1) is 12.7 Å². The number of fused-ring (bicyclic) bond motifs is 1. The van der Waals surface area contributed by atoms with E-state index < -0.39 is 18.5 Å². The molecule has 0 saturated carbocycles. The molecular formula is C19H15FN4O3S2. The summed E-state index contributed by atoms with van der Waals surface area (Å²) in [7, 11) is 1.81. The summed E-state index contributed by atoms with van der Waals surface area (Å²) in [5.74, 6) is -1.38. The summed E-state index contributed by atoms with van der Waals surface area (Å²) >= 11 is 2.50. The van der Waals surface area contributed by atoms with Crippen molar-refractivity contribution in [3.63, 3.8) is 0 Å². The molecule has 0 radical (unpaired) electrons. The molecule has 7 nitrogen and oxygen atoms in total. The summed E-state index contributed by atoms with van der Waals surface area (Å²) in [5.41, 5.74) is 2.19. The summed E-state index contributed by atoms with van der Waals surface area (Å²) in [6.45, 7) is 1.45. The predicted octanol–water partition coefficient (Wildman–Crippen LogP) is 4.00. The summed E-state index contributed by atoms with van der Waals surface area (Å²) < 4.78 is 19.8. The summed E-state index contributed by atoms with van der Waals surface area (Å²) in [5, 5.41) is 9.90. The Labute approximate surface area is 172 Å². The van der Waals surface area contributed by atoms with Crippen LogP contribution in [0.2, 0.25) is 0 Å². The second kappa shape index (κ2) is 7.72. The van der Waals surface area contributed by atoms with Crippen molar-refractivity contribution in [1.82, 2.24) is 14.8 Å². The fourth-order valence-electron chi connectivity index (χ4n) is 2.75. The van der Waals surface area contributed by atoms with Gasteiger partial charge in [-0.15, -0.1) is 22.7 Å².